The average Bonchev–Trinajstić information content (AvgIpc) is 2.89. The van der Waals surface area contributed by atoms with Gasteiger partial charge >= 0.3 is 6.03 Å². The summed E-state index contributed by atoms with van der Waals surface area (Å²) >= 11 is 0. The molecule has 2 fully saturated rings. The van der Waals surface area contributed by atoms with Crippen LogP contribution in [-0.2, 0) is 9.59 Å². The molecule has 9 heteroatoms. The smallest absolute Gasteiger partial charge is 0.332 e. The first kappa shape index (κ1) is 20.2. The highest BCUT2D eigenvalue weighted by molar-refractivity contribution is 6.08. The Morgan fingerprint density at radius 3 is 2.64 bits per heavy atom. The number of carbonyl (C=O) groups is 3. The molecule has 7 nitrogen and oxygen atoms in total. The molecule has 28 heavy (non-hydrogen) atoms. The van der Waals surface area contributed by atoms with Crippen LogP contribution in [0.2, 0.25) is 0 Å². The zero-order valence-electron chi connectivity index (χ0n) is 15.9. The summed E-state index contributed by atoms with van der Waals surface area (Å²) in [6, 6.07) is 2.63. The van der Waals surface area contributed by atoms with Gasteiger partial charge in [0, 0.05) is 5.56 Å². The topological polar surface area (TPSA) is 95.1 Å². The van der Waals surface area contributed by atoms with Crippen molar-refractivity contribution in [2.75, 3.05) is 6.54 Å². The molecular weight excluding hydrogens is 370 g/mol. The Bertz CT molecular complexity index is 793. The minimum atomic E-state index is -0.950. The van der Waals surface area contributed by atoms with E-state index in [1.54, 1.807) is 12.2 Å². The summed E-state index contributed by atoms with van der Waals surface area (Å²) in [6.45, 7) is 3.77. The molecular formula is C19H25F2N4O3+. The Morgan fingerprint density at radius 1 is 1.32 bits per heavy atom. The number of urea groups is 1. The lowest BCUT2D eigenvalue weighted by molar-refractivity contribution is -0.682. The van der Waals surface area contributed by atoms with Gasteiger partial charge in [-0.25, -0.2) is 13.6 Å². The number of quaternary nitrogens is 1. The van der Waals surface area contributed by atoms with Gasteiger partial charge in [0.15, 0.2) is 18.2 Å². The van der Waals surface area contributed by atoms with E-state index in [9.17, 15) is 23.2 Å². The van der Waals surface area contributed by atoms with Crippen LogP contribution in [0.5, 0.6) is 0 Å². The molecule has 1 saturated carbocycles. The highest BCUT2D eigenvalue weighted by Crippen LogP contribution is 2.35. The first-order valence-corrected chi connectivity index (χ1v) is 9.46. The number of imide groups is 1. The maximum Gasteiger partial charge on any atom is 0.344 e. The van der Waals surface area contributed by atoms with Crippen molar-refractivity contribution in [1.29, 1.82) is 0 Å². The first-order chi connectivity index (χ1) is 13.2. The van der Waals surface area contributed by atoms with Crippen LogP contribution >= 0.6 is 0 Å². The molecule has 1 atom stereocenters. The molecule has 0 aromatic heterocycles. The van der Waals surface area contributed by atoms with Gasteiger partial charge in [-0.2, -0.15) is 5.01 Å². The number of halogens is 2. The quantitative estimate of drug-likeness (QED) is 0.652. The van der Waals surface area contributed by atoms with Gasteiger partial charge in [-0.15, -0.1) is 0 Å². The summed E-state index contributed by atoms with van der Waals surface area (Å²) < 4.78 is 26.4. The average molecular weight is 395 g/mol. The van der Waals surface area contributed by atoms with Crippen LogP contribution in [0, 0.1) is 17.6 Å². The number of rotatable bonds is 5. The van der Waals surface area contributed by atoms with Gasteiger partial charge in [0.25, 0.3) is 11.8 Å². The molecule has 0 bridgehead atoms. The number of nitrogens with two attached hydrogens (primary N) is 1. The monoisotopic (exact) mass is 395 g/mol. The summed E-state index contributed by atoms with van der Waals surface area (Å²) in [5.74, 6) is -2.33. The van der Waals surface area contributed by atoms with Crippen molar-refractivity contribution in [3.8, 4) is 0 Å². The zero-order valence-corrected chi connectivity index (χ0v) is 15.9. The van der Waals surface area contributed by atoms with Gasteiger partial charge in [0.2, 0.25) is 0 Å². The Morgan fingerprint density at radius 2 is 2.00 bits per heavy atom. The van der Waals surface area contributed by atoms with E-state index >= 15 is 0 Å². The van der Waals surface area contributed by atoms with Crippen LogP contribution in [0.4, 0.5) is 13.6 Å². The number of nitrogens with one attached hydrogen (secondary N) is 2. The maximum atomic E-state index is 13.3. The standard InChI is InChI=1S/C19H24F2N4O3/c1-11-5-7-19(8-6-11)17(27)25(18(28)23-19)24-16(26)10-22-12(2)13-3-4-14(20)15(21)9-13/h3-4,9,11-12,22H,5-8,10H2,1-2H3,(H,23,28)(H,24,26)/p+1/t11?,12-,19?/m1/s1. The number of nitrogens with zero attached hydrogens (tertiary/aromatic N) is 1. The highest BCUT2D eigenvalue weighted by Gasteiger charge is 2.52. The molecule has 1 spiro atoms. The molecule has 1 aliphatic heterocycles. The maximum absolute atomic E-state index is 13.3. The van der Waals surface area contributed by atoms with Crippen LogP contribution in [0.25, 0.3) is 0 Å². The molecule has 4 amide bonds. The van der Waals surface area contributed by atoms with E-state index in [0.717, 1.165) is 30.0 Å². The molecule has 0 unspecified atom stereocenters. The Balaban J connectivity index is 1.55. The lowest BCUT2D eigenvalue weighted by atomic mass is 9.77. The molecule has 1 aromatic rings. The van der Waals surface area contributed by atoms with E-state index in [0.29, 0.717) is 24.3 Å². The van der Waals surface area contributed by atoms with Crippen molar-refractivity contribution in [3.05, 3.63) is 35.4 Å². The molecule has 4 N–H and O–H groups in total. The summed E-state index contributed by atoms with van der Waals surface area (Å²) in [4.78, 5) is 37.1. The zero-order chi connectivity index (χ0) is 20.5. The van der Waals surface area contributed by atoms with E-state index < -0.39 is 35.0 Å². The molecule has 1 saturated heterocycles. The fraction of sp³-hybridized carbons (Fsp3) is 0.526. The van der Waals surface area contributed by atoms with Crippen LogP contribution in [0.15, 0.2) is 18.2 Å². The minimum absolute atomic E-state index is 0.0821. The van der Waals surface area contributed by atoms with Gasteiger partial charge < -0.3 is 10.6 Å². The number of benzene rings is 1. The largest absolute Gasteiger partial charge is 0.344 e. The van der Waals surface area contributed by atoms with Gasteiger partial charge in [-0.3, -0.25) is 15.0 Å². The van der Waals surface area contributed by atoms with E-state index in [4.69, 9.17) is 0 Å². The molecule has 1 aliphatic carbocycles. The second kappa shape index (κ2) is 7.83. The van der Waals surface area contributed by atoms with E-state index in [1.807, 2.05) is 0 Å². The van der Waals surface area contributed by atoms with Crippen molar-refractivity contribution in [2.45, 2.75) is 51.1 Å². The van der Waals surface area contributed by atoms with Gasteiger partial charge in [0.05, 0.1) is 0 Å². The molecule has 152 valence electrons. The van der Waals surface area contributed by atoms with Crippen molar-refractivity contribution in [2.24, 2.45) is 5.92 Å². The third-order valence-electron chi connectivity index (χ3n) is 5.65. The van der Waals surface area contributed by atoms with Crippen molar-refractivity contribution in [3.63, 3.8) is 0 Å². The lowest BCUT2D eigenvalue weighted by Gasteiger charge is -2.33. The second-order valence-corrected chi connectivity index (χ2v) is 7.77. The normalized spacial score (nSPS) is 25.7. The van der Waals surface area contributed by atoms with Gasteiger partial charge in [-0.05, 0) is 56.7 Å². The number of hydrazine groups is 1. The fourth-order valence-corrected chi connectivity index (χ4v) is 3.70. The summed E-state index contributed by atoms with van der Waals surface area (Å²) in [5, 5.41) is 5.10. The van der Waals surface area contributed by atoms with Crippen LogP contribution < -0.4 is 16.1 Å². The second-order valence-electron chi connectivity index (χ2n) is 7.77. The van der Waals surface area contributed by atoms with E-state index in [-0.39, 0.29) is 12.6 Å². The predicted octanol–water partition coefficient (Wildman–Crippen LogP) is 1.12. The number of hydrogen-bond donors (Lipinski definition) is 3. The molecule has 3 rings (SSSR count). The van der Waals surface area contributed by atoms with Crippen molar-refractivity contribution >= 4 is 17.8 Å². The van der Waals surface area contributed by atoms with Gasteiger partial charge in [0.1, 0.15) is 11.6 Å². The number of hydrogen-bond acceptors (Lipinski definition) is 3. The summed E-state index contributed by atoms with van der Waals surface area (Å²) in [6.07, 6.45) is 2.80. The lowest BCUT2D eigenvalue weighted by Crippen LogP contribution is -2.87. The van der Waals surface area contributed by atoms with Crippen molar-refractivity contribution in [1.82, 2.24) is 15.8 Å². The van der Waals surface area contributed by atoms with Crippen LogP contribution in [0.1, 0.15) is 51.1 Å². The number of carbonyl (C=O) groups excluding carboxylic acids is 3. The Labute approximate surface area is 161 Å². The number of amides is 4. The van der Waals surface area contributed by atoms with Gasteiger partial charge in [-0.1, -0.05) is 6.92 Å². The van der Waals surface area contributed by atoms with Crippen molar-refractivity contribution < 1.29 is 28.5 Å². The minimum Gasteiger partial charge on any atom is -0.332 e. The highest BCUT2D eigenvalue weighted by atomic mass is 19.2. The molecule has 0 radical (unpaired) electrons. The Kier molecular flexibility index (Phi) is 5.64. The van der Waals surface area contributed by atoms with E-state index in [1.165, 1.54) is 6.07 Å². The summed E-state index contributed by atoms with van der Waals surface area (Å²) in [5.41, 5.74) is 1.96. The third-order valence-corrected chi connectivity index (χ3v) is 5.65. The first-order valence-electron chi connectivity index (χ1n) is 9.46. The predicted molar refractivity (Wildman–Crippen MR) is 95.4 cm³/mol. The van der Waals surface area contributed by atoms with E-state index in [2.05, 4.69) is 17.7 Å². The molecule has 1 aromatic carbocycles. The van der Waals surface area contributed by atoms with Crippen LogP contribution in [-0.4, -0.2) is 34.9 Å². The fourth-order valence-electron chi connectivity index (χ4n) is 3.70. The van der Waals surface area contributed by atoms with Crippen LogP contribution in [0.3, 0.4) is 0 Å². The SMILES string of the molecule is CC1CCC2(CC1)NC(=O)N(NC(=O)C[NH2+][C@H](C)c1ccc(F)c(F)c1)C2=O. The summed E-state index contributed by atoms with van der Waals surface area (Å²) in [7, 11) is 0. The Hall–Kier alpha value is -2.55. The molecule has 1 heterocycles. The molecule has 2 aliphatic rings. The third kappa shape index (κ3) is 3.99.